The van der Waals surface area contributed by atoms with E-state index < -0.39 is 32.5 Å². The number of unbranched alkanes of at least 4 members (excludes halogenated alkanes) is 21. The number of hydrogen-bond donors (Lipinski definition) is 0. The first-order valence-corrected chi connectivity index (χ1v) is 31.1. The number of phosphoric acid groups is 1. The van der Waals surface area contributed by atoms with Crippen LogP contribution < -0.4 is 4.89 Å². The molecule has 0 fully saturated rings. The van der Waals surface area contributed by atoms with E-state index in [2.05, 4.69) is 123 Å². The van der Waals surface area contributed by atoms with E-state index in [0.717, 1.165) is 109 Å². The average molecular weight is 1050 g/mol. The zero-order valence-corrected chi connectivity index (χ0v) is 48.9. The molecule has 2 atom stereocenters. The highest BCUT2D eigenvalue weighted by Crippen LogP contribution is 2.38. The fraction of sp³-hybridized carbons (Fsp3) is 0.688. The number of allylic oxidation sites excluding steroid dienone is 18. The molecule has 0 saturated heterocycles. The largest absolute Gasteiger partial charge is 0.756 e. The van der Waals surface area contributed by atoms with E-state index in [1.165, 1.54) is 89.9 Å². The van der Waals surface area contributed by atoms with Crippen LogP contribution in [-0.4, -0.2) is 70.0 Å². The maximum absolute atomic E-state index is 12.8. The van der Waals surface area contributed by atoms with E-state index in [9.17, 15) is 19.0 Å². The van der Waals surface area contributed by atoms with Crippen molar-refractivity contribution < 1.29 is 42.1 Å². The molecule has 0 N–H and O–H groups in total. The highest BCUT2D eigenvalue weighted by molar-refractivity contribution is 7.45. The first-order valence-electron chi connectivity index (χ1n) is 29.6. The lowest BCUT2D eigenvalue weighted by molar-refractivity contribution is -0.870. The van der Waals surface area contributed by atoms with Gasteiger partial charge in [-0.3, -0.25) is 14.2 Å². The van der Waals surface area contributed by atoms with Crippen LogP contribution in [0.3, 0.4) is 0 Å². The van der Waals surface area contributed by atoms with Crippen LogP contribution in [0, 0.1) is 0 Å². The monoisotopic (exact) mass is 1050 g/mol. The molecule has 10 heteroatoms. The van der Waals surface area contributed by atoms with Gasteiger partial charge in [-0.25, -0.2) is 0 Å². The van der Waals surface area contributed by atoms with Gasteiger partial charge >= 0.3 is 11.9 Å². The maximum atomic E-state index is 12.8. The maximum Gasteiger partial charge on any atom is 0.306 e. The van der Waals surface area contributed by atoms with Gasteiger partial charge in [0.1, 0.15) is 19.8 Å². The number of nitrogens with zero attached hydrogens (tertiary/aromatic N) is 1. The number of carbonyl (C=O) groups is 2. The second-order valence-corrected chi connectivity index (χ2v) is 22.0. The van der Waals surface area contributed by atoms with Crippen LogP contribution in [0.2, 0.25) is 0 Å². The summed E-state index contributed by atoms with van der Waals surface area (Å²) in [5.41, 5.74) is 0. The minimum atomic E-state index is -4.64. The molecule has 0 aromatic heterocycles. The minimum Gasteiger partial charge on any atom is -0.756 e. The smallest absolute Gasteiger partial charge is 0.306 e. The summed E-state index contributed by atoms with van der Waals surface area (Å²) >= 11 is 0. The van der Waals surface area contributed by atoms with Crippen molar-refractivity contribution in [3.05, 3.63) is 109 Å². The van der Waals surface area contributed by atoms with Gasteiger partial charge in [0.05, 0.1) is 27.7 Å². The Morgan fingerprint density at radius 2 is 0.770 bits per heavy atom. The molecular formula is C64H110NO8P. The van der Waals surface area contributed by atoms with Crippen molar-refractivity contribution in [1.82, 2.24) is 0 Å². The number of esters is 2. The summed E-state index contributed by atoms with van der Waals surface area (Å²) in [5.74, 6) is -0.849. The van der Waals surface area contributed by atoms with Gasteiger partial charge in [0.15, 0.2) is 6.10 Å². The molecule has 0 spiro atoms. The predicted molar refractivity (Wildman–Crippen MR) is 314 cm³/mol. The average Bonchev–Trinajstić information content (AvgIpc) is 3.36. The second-order valence-electron chi connectivity index (χ2n) is 20.6. The molecule has 74 heavy (non-hydrogen) atoms. The Kier molecular flexibility index (Phi) is 52.0. The third-order valence-electron chi connectivity index (χ3n) is 12.3. The number of phosphoric ester groups is 1. The van der Waals surface area contributed by atoms with Crippen molar-refractivity contribution >= 4 is 19.8 Å². The molecule has 0 aliphatic rings. The fourth-order valence-corrected chi connectivity index (χ4v) is 8.45. The van der Waals surface area contributed by atoms with Crippen molar-refractivity contribution in [2.45, 2.75) is 238 Å². The van der Waals surface area contributed by atoms with Crippen LogP contribution in [0.15, 0.2) is 109 Å². The Morgan fingerprint density at radius 1 is 0.432 bits per heavy atom. The van der Waals surface area contributed by atoms with Crippen LogP contribution in [-0.2, 0) is 32.7 Å². The number of ether oxygens (including phenoxy) is 2. The Labute approximate surface area is 455 Å². The van der Waals surface area contributed by atoms with E-state index in [1.54, 1.807) is 0 Å². The van der Waals surface area contributed by atoms with Gasteiger partial charge in [-0.05, 0) is 103 Å². The number of hydrogen-bond acceptors (Lipinski definition) is 8. The molecule has 0 amide bonds. The molecule has 9 nitrogen and oxygen atoms in total. The molecule has 0 rings (SSSR count). The Morgan fingerprint density at radius 3 is 1.15 bits per heavy atom. The first-order chi connectivity index (χ1) is 36.0. The molecule has 0 aliphatic heterocycles. The van der Waals surface area contributed by atoms with Crippen molar-refractivity contribution in [3.63, 3.8) is 0 Å². The Bertz CT molecular complexity index is 1620. The highest BCUT2D eigenvalue weighted by Gasteiger charge is 2.21. The molecule has 2 unspecified atom stereocenters. The van der Waals surface area contributed by atoms with Crippen LogP contribution >= 0.6 is 7.82 Å². The van der Waals surface area contributed by atoms with Crippen LogP contribution in [0.1, 0.15) is 232 Å². The number of likely N-dealkylation sites (N-methyl/N-ethyl adjacent to an activating group) is 1. The molecule has 424 valence electrons. The summed E-state index contributed by atoms with van der Waals surface area (Å²) < 4.78 is 34.1. The SMILES string of the molecule is CC/C=C\C/C=C\C/C=C\C/C=C\C/C=C\C/C=C\C/C=C\CCCCCCCCCCCCCC(=O)OC(COC(=O)CCCCCCCCC/C=C\C/C=C\CCCCC)COP(=O)([O-])OCC[N+](C)(C)C. The summed E-state index contributed by atoms with van der Waals surface area (Å²) in [7, 11) is 1.15. The van der Waals surface area contributed by atoms with Gasteiger partial charge in [-0.15, -0.1) is 0 Å². The minimum absolute atomic E-state index is 0.0375. The van der Waals surface area contributed by atoms with Gasteiger partial charge < -0.3 is 27.9 Å². The van der Waals surface area contributed by atoms with Gasteiger partial charge in [0, 0.05) is 12.8 Å². The van der Waals surface area contributed by atoms with Crippen molar-refractivity contribution in [2.75, 3.05) is 47.5 Å². The van der Waals surface area contributed by atoms with E-state index in [4.69, 9.17) is 18.5 Å². The Balaban J connectivity index is 4.15. The van der Waals surface area contributed by atoms with Crippen molar-refractivity contribution in [1.29, 1.82) is 0 Å². The summed E-state index contributed by atoms with van der Waals surface area (Å²) in [6, 6.07) is 0. The van der Waals surface area contributed by atoms with E-state index in [1.807, 2.05) is 21.1 Å². The standard InChI is InChI=1S/C64H110NO8P/c1-6-8-10-12-14-16-18-20-22-24-25-26-27-28-29-30-31-32-33-34-35-36-37-38-39-41-43-45-47-49-51-53-55-57-64(67)73-62(61-72-74(68,69)71-59-58-65(3,4)5)60-70-63(66)56-54-52-50-48-46-44-42-40-23-21-19-17-15-13-11-9-7-2/h8,10,14-17,20-23,25-26,28-29,31-32,34-35,62H,6-7,9,11-13,18-19,24,27,30,33,36-61H2,1-5H3/b10-8-,16-14-,17-15-,22-20-,23-21-,26-25-,29-28-,32-31-,35-34-. The lowest BCUT2D eigenvalue weighted by atomic mass is 10.0. The van der Waals surface area contributed by atoms with E-state index in [-0.39, 0.29) is 26.1 Å². The van der Waals surface area contributed by atoms with Crippen molar-refractivity contribution in [3.8, 4) is 0 Å². The summed E-state index contributed by atoms with van der Waals surface area (Å²) in [6.45, 7) is 4.08. The lowest BCUT2D eigenvalue weighted by Gasteiger charge is -2.28. The second kappa shape index (κ2) is 54.5. The van der Waals surface area contributed by atoms with Crippen LogP contribution in [0.4, 0.5) is 0 Å². The zero-order chi connectivity index (χ0) is 54.2. The van der Waals surface area contributed by atoms with Gasteiger partial charge in [-0.1, -0.05) is 226 Å². The Hall–Kier alpha value is -3.33. The summed E-state index contributed by atoms with van der Waals surface area (Å²) in [4.78, 5) is 37.9. The molecule has 0 radical (unpaired) electrons. The highest BCUT2D eigenvalue weighted by atomic mass is 31.2. The zero-order valence-electron chi connectivity index (χ0n) is 48.0. The van der Waals surface area contributed by atoms with Crippen LogP contribution in [0.5, 0.6) is 0 Å². The quantitative estimate of drug-likeness (QED) is 0.0195. The molecule has 0 heterocycles. The number of rotatable bonds is 53. The molecular weight excluding hydrogens is 942 g/mol. The molecule has 0 saturated carbocycles. The van der Waals surface area contributed by atoms with Crippen LogP contribution in [0.25, 0.3) is 0 Å². The lowest BCUT2D eigenvalue weighted by Crippen LogP contribution is -2.37. The molecule has 0 aliphatic carbocycles. The molecule has 0 bridgehead atoms. The molecule has 0 aromatic rings. The predicted octanol–water partition coefficient (Wildman–Crippen LogP) is 18.0. The normalized spacial score (nSPS) is 14.1. The third-order valence-corrected chi connectivity index (χ3v) is 13.2. The van der Waals surface area contributed by atoms with Gasteiger partial charge in [-0.2, -0.15) is 0 Å². The number of quaternary nitrogens is 1. The molecule has 0 aromatic carbocycles. The van der Waals surface area contributed by atoms with E-state index in [0.29, 0.717) is 17.4 Å². The fourth-order valence-electron chi connectivity index (χ4n) is 7.72. The van der Waals surface area contributed by atoms with Gasteiger partial charge in [0.25, 0.3) is 7.82 Å². The first kappa shape index (κ1) is 70.7. The topological polar surface area (TPSA) is 111 Å². The summed E-state index contributed by atoms with van der Waals surface area (Å²) in [6.07, 6.45) is 75.6. The van der Waals surface area contributed by atoms with Gasteiger partial charge in [0.2, 0.25) is 0 Å². The van der Waals surface area contributed by atoms with Crippen molar-refractivity contribution in [2.24, 2.45) is 0 Å². The van der Waals surface area contributed by atoms with E-state index >= 15 is 0 Å². The number of carbonyl (C=O) groups excluding carboxylic acids is 2. The summed E-state index contributed by atoms with van der Waals surface area (Å²) in [5, 5.41) is 0. The third kappa shape index (κ3) is 57.9.